The molecular weight excluding hydrogens is 378 g/mol. The van der Waals surface area contributed by atoms with Gasteiger partial charge in [0.1, 0.15) is 5.76 Å². The number of phenolic OH excluding ortho intramolecular Hbond substituents is 1. The van der Waals surface area contributed by atoms with E-state index in [2.05, 4.69) is 33.2 Å². The summed E-state index contributed by atoms with van der Waals surface area (Å²) in [5.74, 6) is 1.78. The highest BCUT2D eigenvalue weighted by molar-refractivity contribution is 6.99. The van der Waals surface area contributed by atoms with E-state index < -0.39 is 0 Å². The molecular formula is C19H23N5O3S. The number of para-hydroxylation sites is 1. The fourth-order valence-corrected chi connectivity index (χ4v) is 3.02. The van der Waals surface area contributed by atoms with Crippen LogP contribution in [0.5, 0.6) is 5.75 Å². The molecule has 0 aliphatic carbocycles. The molecule has 1 amide bonds. The van der Waals surface area contributed by atoms with E-state index in [4.69, 9.17) is 4.42 Å². The molecule has 3 N–H and O–H groups in total. The Kier molecular flexibility index (Phi) is 5.84. The van der Waals surface area contributed by atoms with Gasteiger partial charge >= 0.3 is 0 Å². The summed E-state index contributed by atoms with van der Waals surface area (Å²) in [6.07, 6.45) is 1.76. The van der Waals surface area contributed by atoms with Crippen LogP contribution >= 0.6 is 11.7 Å². The SMILES string of the molecule is CC(C)c1coc(CNc2nsnc2Nc2cccc(C(=O)N(C)C)c2O)c1. The summed E-state index contributed by atoms with van der Waals surface area (Å²) in [4.78, 5) is 13.6. The van der Waals surface area contributed by atoms with E-state index in [1.807, 2.05) is 6.07 Å². The van der Waals surface area contributed by atoms with Gasteiger partial charge in [-0.2, -0.15) is 8.75 Å². The van der Waals surface area contributed by atoms with Gasteiger partial charge in [-0.05, 0) is 29.7 Å². The van der Waals surface area contributed by atoms with Gasteiger partial charge in [-0.15, -0.1) is 0 Å². The van der Waals surface area contributed by atoms with Crippen LogP contribution in [0.4, 0.5) is 17.3 Å². The second-order valence-electron chi connectivity index (χ2n) is 6.84. The molecule has 1 aromatic carbocycles. The van der Waals surface area contributed by atoms with E-state index in [1.165, 1.54) is 4.90 Å². The molecule has 8 nitrogen and oxygen atoms in total. The summed E-state index contributed by atoms with van der Waals surface area (Å²) in [7, 11) is 3.27. The summed E-state index contributed by atoms with van der Waals surface area (Å²) < 4.78 is 14.0. The number of carbonyl (C=O) groups is 1. The maximum Gasteiger partial charge on any atom is 0.257 e. The monoisotopic (exact) mass is 401 g/mol. The van der Waals surface area contributed by atoms with Crippen molar-refractivity contribution < 1.29 is 14.3 Å². The zero-order valence-electron chi connectivity index (χ0n) is 16.2. The number of amides is 1. The van der Waals surface area contributed by atoms with Gasteiger partial charge in [-0.3, -0.25) is 4.79 Å². The predicted molar refractivity (Wildman–Crippen MR) is 109 cm³/mol. The number of carbonyl (C=O) groups excluding carboxylic acids is 1. The summed E-state index contributed by atoms with van der Waals surface area (Å²) in [6.45, 7) is 4.67. The van der Waals surface area contributed by atoms with Gasteiger partial charge in [0.2, 0.25) is 0 Å². The van der Waals surface area contributed by atoms with Crippen molar-refractivity contribution in [1.29, 1.82) is 0 Å². The molecule has 0 unspecified atom stereocenters. The lowest BCUT2D eigenvalue weighted by atomic mass is 10.1. The van der Waals surface area contributed by atoms with Crippen LogP contribution in [0.3, 0.4) is 0 Å². The van der Waals surface area contributed by atoms with Crippen molar-refractivity contribution in [3.05, 3.63) is 47.4 Å². The molecule has 0 aliphatic rings. The lowest BCUT2D eigenvalue weighted by Crippen LogP contribution is -2.21. The molecule has 0 saturated heterocycles. The minimum absolute atomic E-state index is 0.132. The van der Waals surface area contributed by atoms with Crippen molar-refractivity contribution >= 4 is 35.0 Å². The van der Waals surface area contributed by atoms with Crippen LogP contribution in [0.25, 0.3) is 0 Å². The van der Waals surface area contributed by atoms with Crippen LogP contribution in [0.2, 0.25) is 0 Å². The lowest BCUT2D eigenvalue weighted by Gasteiger charge is -2.14. The average molecular weight is 401 g/mol. The number of rotatable bonds is 7. The highest BCUT2D eigenvalue weighted by Crippen LogP contribution is 2.32. The standard InChI is InChI=1S/C19H23N5O3S/c1-11(2)12-8-13(27-10-12)9-20-17-18(23-28-22-17)21-15-7-5-6-14(16(15)25)19(26)24(3)4/h5-8,10-11,25H,9H2,1-4H3,(H,20,22)(H,21,23). The molecule has 2 heterocycles. The van der Waals surface area contributed by atoms with Gasteiger partial charge in [0.25, 0.3) is 5.91 Å². The molecule has 2 aromatic heterocycles. The van der Waals surface area contributed by atoms with E-state index in [0.717, 1.165) is 23.1 Å². The number of nitrogens with one attached hydrogen (secondary N) is 2. The molecule has 0 spiro atoms. The Balaban J connectivity index is 1.74. The highest BCUT2D eigenvalue weighted by Gasteiger charge is 2.18. The van der Waals surface area contributed by atoms with E-state index >= 15 is 0 Å². The van der Waals surface area contributed by atoms with Crippen molar-refractivity contribution in [3.8, 4) is 5.75 Å². The van der Waals surface area contributed by atoms with E-state index in [1.54, 1.807) is 38.6 Å². The number of benzene rings is 1. The first-order valence-corrected chi connectivity index (χ1v) is 9.54. The van der Waals surface area contributed by atoms with Crippen LogP contribution < -0.4 is 10.6 Å². The number of aromatic hydroxyl groups is 1. The Bertz CT molecular complexity index is 964. The Morgan fingerprint density at radius 1 is 1.29 bits per heavy atom. The first-order valence-electron chi connectivity index (χ1n) is 8.81. The van der Waals surface area contributed by atoms with Crippen molar-refractivity contribution in [2.75, 3.05) is 24.7 Å². The van der Waals surface area contributed by atoms with E-state index in [0.29, 0.717) is 29.8 Å². The Morgan fingerprint density at radius 2 is 2.04 bits per heavy atom. The zero-order chi connectivity index (χ0) is 20.3. The first kappa shape index (κ1) is 19.7. The maximum atomic E-state index is 12.2. The van der Waals surface area contributed by atoms with Crippen molar-refractivity contribution in [2.45, 2.75) is 26.3 Å². The van der Waals surface area contributed by atoms with Gasteiger partial charge in [-0.25, -0.2) is 0 Å². The first-order chi connectivity index (χ1) is 13.4. The summed E-state index contributed by atoms with van der Waals surface area (Å²) in [6, 6.07) is 6.95. The number of anilines is 3. The molecule has 0 radical (unpaired) electrons. The molecule has 148 valence electrons. The number of hydrogen-bond donors (Lipinski definition) is 3. The predicted octanol–water partition coefficient (Wildman–Crippen LogP) is 4.02. The van der Waals surface area contributed by atoms with Gasteiger partial charge in [-0.1, -0.05) is 19.9 Å². The summed E-state index contributed by atoms with van der Waals surface area (Å²) in [5.41, 5.74) is 1.73. The Labute approximate surface area is 167 Å². The molecule has 0 atom stereocenters. The molecule has 3 aromatic rings. The van der Waals surface area contributed by atoms with E-state index in [9.17, 15) is 9.90 Å². The number of aromatic nitrogens is 2. The molecule has 0 saturated carbocycles. The average Bonchev–Trinajstić information content (AvgIpc) is 3.30. The van der Waals surface area contributed by atoms with Gasteiger partial charge in [0, 0.05) is 14.1 Å². The third kappa shape index (κ3) is 4.25. The fraction of sp³-hybridized carbons (Fsp3) is 0.316. The topological polar surface area (TPSA) is 104 Å². The Hall–Kier alpha value is -3.07. The number of hydrogen-bond acceptors (Lipinski definition) is 8. The second-order valence-corrected chi connectivity index (χ2v) is 7.37. The summed E-state index contributed by atoms with van der Waals surface area (Å²) >= 11 is 1.04. The van der Waals surface area contributed by atoms with Crippen LogP contribution in [-0.2, 0) is 6.54 Å². The van der Waals surface area contributed by atoms with Gasteiger partial charge in [0.15, 0.2) is 17.4 Å². The Morgan fingerprint density at radius 3 is 2.71 bits per heavy atom. The second kappa shape index (κ2) is 8.30. The third-order valence-electron chi connectivity index (χ3n) is 4.18. The minimum atomic E-state index is -0.283. The summed E-state index contributed by atoms with van der Waals surface area (Å²) in [5, 5.41) is 16.7. The van der Waals surface area contributed by atoms with Gasteiger partial charge < -0.3 is 25.1 Å². The van der Waals surface area contributed by atoms with Crippen LogP contribution in [-0.4, -0.2) is 38.8 Å². The van der Waals surface area contributed by atoms with E-state index in [-0.39, 0.29) is 17.2 Å². The normalized spacial score (nSPS) is 10.9. The lowest BCUT2D eigenvalue weighted by molar-refractivity contribution is 0.0824. The number of furan rings is 1. The smallest absolute Gasteiger partial charge is 0.257 e. The third-order valence-corrected chi connectivity index (χ3v) is 4.71. The molecule has 0 fully saturated rings. The number of nitrogens with zero attached hydrogens (tertiary/aromatic N) is 3. The van der Waals surface area contributed by atoms with Crippen molar-refractivity contribution in [1.82, 2.24) is 13.6 Å². The fourth-order valence-electron chi connectivity index (χ4n) is 2.54. The molecule has 0 bridgehead atoms. The molecule has 9 heteroatoms. The quantitative estimate of drug-likeness (QED) is 0.514. The van der Waals surface area contributed by atoms with Crippen LogP contribution in [0.15, 0.2) is 34.9 Å². The molecule has 3 rings (SSSR count). The van der Waals surface area contributed by atoms with Crippen molar-refractivity contribution in [2.24, 2.45) is 0 Å². The highest BCUT2D eigenvalue weighted by atomic mass is 32.1. The van der Waals surface area contributed by atoms with Crippen molar-refractivity contribution in [3.63, 3.8) is 0 Å². The molecule has 0 aliphatic heterocycles. The minimum Gasteiger partial charge on any atom is -0.505 e. The van der Waals surface area contributed by atoms with Gasteiger partial charge in [0.05, 0.1) is 35.8 Å². The maximum absolute atomic E-state index is 12.2. The molecule has 28 heavy (non-hydrogen) atoms. The largest absolute Gasteiger partial charge is 0.505 e. The van der Waals surface area contributed by atoms with Crippen LogP contribution in [0, 0.1) is 0 Å². The zero-order valence-corrected chi connectivity index (χ0v) is 17.0. The van der Waals surface area contributed by atoms with Crippen LogP contribution in [0.1, 0.15) is 41.4 Å². The number of phenols is 1.